The lowest BCUT2D eigenvalue weighted by atomic mass is 10.2. The molecule has 4 nitrogen and oxygen atoms in total. The third kappa shape index (κ3) is 3.64. The third-order valence-electron chi connectivity index (χ3n) is 3.18. The lowest BCUT2D eigenvalue weighted by Crippen LogP contribution is -2.24. The number of anilines is 1. The summed E-state index contributed by atoms with van der Waals surface area (Å²) in [4.78, 5) is 1.50. The summed E-state index contributed by atoms with van der Waals surface area (Å²) in [7, 11) is -3.47. The van der Waals surface area contributed by atoms with E-state index in [2.05, 4.69) is 23.0 Å². The van der Waals surface area contributed by atoms with Crippen LogP contribution in [0.2, 0.25) is 0 Å². The number of para-hydroxylation sites is 1. The Bertz CT molecular complexity index is 708. The first-order chi connectivity index (χ1) is 9.95. The first kappa shape index (κ1) is 16.0. The van der Waals surface area contributed by atoms with Gasteiger partial charge < -0.3 is 5.32 Å². The third-order valence-corrected chi connectivity index (χ3v) is 5.98. The Morgan fingerprint density at radius 3 is 2.57 bits per heavy atom. The van der Waals surface area contributed by atoms with Crippen molar-refractivity contribution in [3.05, 3.63) is 46.2 Å². The van der Waals surface area contributed by atoms with Crippen LogP contribution in [0.3, 0.4) is 0 Å². The van der Waals surface area contributed by atoms with E-state index in [0.717, 1.165) is 0 Å². The van der Waals surface area contributed by atoms with Crippen LogP contribution < -0.4 is 10.0 Å². The number of hydrogen-bond donors (Lipinski definition) is 2. The molecule has 0 saturated carbocycles. The van der Waals surface area contributed by atoms with Crippen LogP contribution in [0.4, 0.5) is 5.69 Å². The molecule has 2 rings (SSSR count). The van der Waals surface area contributed by atoms with Crippen LogP contribution in [-0.4, -0.2) is 15.0 Å². The summed E-state index contributed by atoms with van der Waals surface area (Å²) in [5.41, 5.74) is 1.84. The fourth-order valence-corrected chi connectivity index (χ4v) is 4.36. The highest BCUT2D eigenvalue weighted by atomic mass is 32.2. The molecule has 0 bridgehead atoms. The highest BCUT2D eigenvalue weighted by Gasteiger charge is 2.19. The number of aryl methyl sites for hydroxylation is 1. The normalized spacial score (nSPS) is 13.1. The highest BCUT2D eigenvalue weighted by molar-refractivity contribution is 7.89. The molecule has 21 heavy (non-hydrogen) atoms. The zero-order valence-electron chi connectivity index (χ0n) is 12.4. The van der Waals surface area contributed by atoms with E-state index < -0.39 is 10.0 Å². The fourth-order valence-electron chi connectivity index (χ4n) is 2.21. The molecule has 6 heteroatoms. The molecule has 0 amide bonds. The first-order valence-electron chi connectivity index (χ1n) is 6.85. The van der Waals surface area contributed by atoms with E-state index in [1.807, 2.05) is 18.4 Å². The summed E-state index contributed by atoms with van der Waals surface area (Å²) in [5, 5.41) is 5.36. The maximum Gasteiger partial charge on any atom is 0.242 e. The second-order valence-corrected chi connectivity index (χ2v) is 7.51. The van der Waals surface area contributed by atoms with Gasteiger partial charge in [0.2, 0.25) is 10.0 Å². The number of hydrogen-bond acceptors (Lipinski definition) is 4. The van der Waals surface area contributed by atoms with E-state index in [-0.39, 0.29) is 10.9 Å². The number of thiophene rings is 1. The Morgan fingerprint density at radius 1 is 1.24 bits per heavy atom. The quantitative estimate of drug-likeness (QED) is 0.854. The monoisotopic (exact) mass is 324 g/mol. The van der Waals surface area contributed by atoms with E-state index in [9.17, 15) is 8.42 Å². The molecule has 1 aromatic carbocycles. The van der Waals surface area contributed by atoms with Gasteiger partial charge in [-0.05, 0) is 43.0 Å². The fraction of sp³-hybridized carbons (Fsp3) is 0.333. The summed E-state index contributed by atoms with van der Waals surface area (Å²) in [6, 6.07) is 9.11. The molecule has 0 saturated heterocycles. The maximum absolute atomic E-state index is 12.2. The van der Waals surface area contributed by atoms with E-state index in [1.54, 1.807) is 36.5 Å². The average molecular weight is 324 g/mol. The van der Waals surface area contributed by atoms with Gasteiger partial charge in [-0.15, -0.1) is 11.3 Å². The van der Waals surface area contributed by atoms with Gasteiger partial charge >= 0.3 is 0 Å². The molecule has 1 unspecified atom stereocenters. The minimum absolute atomic E-state index is 0.0583. The van der Waals surface area contributed by atoms with Crippen molar-refractivity contribution >= 4 is 27.0 Å². The lowest BCUT2D eigenvalue weighted by molar-refractivity contribution is 0.584. The van der Waals surface area contributed by atoms with E-state index in [4.69, 9.17) is 0 Å². The number of sulfonamides is 1. The molecular formula is C15H20N2O2S2. The van der Waals surface area contributed by atoms with Crippen molar-refractivity contribution in [2.24, 2.45) is 0 Å². The van der Waals surface area contributed by atoms with Crippen molar-refractivity contribution in [1.82, 2.24) is 4.72 Å². The van der Waals surface area contributed by atoms with Gasteiger partial charge in [-0.3, -0.25) is 0 Å². The Hall–Kier alpha value is -1.37. The molecule has 0 aliphatic carbocycles. The van der Waals surface area contributed by atoms with Crippen LogP contribution in [0.25, 0.3) is 0 Å². The summed E-state index contributed by atoms with van der Waals surface area (Å²) < 4.78 is 27.0. The lowest BCUT2D eigenvalue weighted by Gasteiger charge is -2.18. The zero-order valence-corrected chi connectivity index (χ0v) is 14.0. The van der Waals surface area contributed by atoms with Gasteiger partial charge in [-0.2, -0.15) is 0 Å². The zero-order chi connectivity index (χ0) is 15.5. The van der Waals surface area contributed by atoms with Gasteiger partial charge in [-0.1, -0.05) is 19.1 Å². The van der Waals surface area contributed by atoms with Crippen LogP contribution in [0, 0.1) is 6.92 Å². The van der Waals surface area contributed by atoms with Crippen LogP contribution in [0.1, 0.15) is 30.3 Å². The average Bonchev–Trinajstić information content (AvgIpc) is 2.85. The molecule has 1 heterocycles. The Kier molecular flexibility index (Phi) is 5.03. The second kappa shape index (κ2) is 6.60. The van der Waals surface area contributed by atoms with Crippen molar-refractivity contribution in [2.75, 3.05) is 11.9 Å². The highest BCUT2D eigenvalue weighted by Crippen LogP contribution is 2.29. The molecule has 0 spiro atoms. The minimum atomic E-state index is -3.47. The van der Waals surface area contributed by atoms with Crippen LogP contribution in [0.15, 0.2) is 40.6 Å². The molecule has 0 radical (unpaired) electrons. The Balaban J connectivity index is 2.31. The molecule has 2 aromatic rings. The molecule has 0 aliphatic rings. The SMILES string of the molecule is CCNS(=O)(=O)c1ccccc1NC(C)c1sccc1C. The largest absolute Gasteiger partial charge is 0.377 e. The Morgan fingerprint density at radius 2 is 1.95 bits per heavy atom. The summed E-state index contributed by atoms with van der Waals surface area (Å²) in [5.74, 6) is 0. The number of nitrogens with one attached hydrogen (secondary N) is 2. The predicted molar refractivity (Wildman–Crippen MR) is 88.4 cm³/mol. The van der Waals surface area contributed by atoms with Gasteiger partial charge in [0.05, 0.1) is 11.7 Å². The number of rotatable bonds is 6. The van der Waals surface area contributed by atoms with Crippen LogP contribution >= 0.6 is 11.3 Å². The van der Waals surface area contributed by atoms with E-state index >= 15 is 0 Å². The smallest absolute Gasteiger partial charge is 0.242 e. The molecular weight excluding hydrogens is 304 g/mol. The van der Waals surface area contributed by atoms with Crippen molar-refractivity contribution in [3.63, 3.8) is 0 Å². The van der Waals surface area contributed by atoms with Gasteiger partial charge in [-0.25, -0.2) is 13.1 Å². The molecule has 1 atom stereocenters. The molecule has 2 N–H and O–H groups in total. The Labute approximate surface area is 130 Å². The summed E-state index contributed by atoms with van der Waals surface area (Å²) in [6.45, 7) is 6.24. The molecule has 114 valence electrons. The van der Waals surface area contributed by atoms with Crippen molar-refractivity contribution in [1.29, 1.82) is 0 Å². The summed E-state index contributed by atoms with van der Waals surface area (Å²) >= 11 is 1.67. The number of benzene rings is 1. The maximum atomic E-state index is 12.2. The standard InChI is InChI=1S/C15H20N2O2S2/c1-4-16-21(18,19)14-8-6-5-7-13(14)17-12(3)15-11(2)9-10-20-15/h5-10,12,16-17H,4H2,1-3H3. The van der Waals surface area contributed by atoms with Crippen LogP contribution in [-0.2, 0) is 10.0 Å². The second-order valence-electron chi connectivity index (χ2n) is 4.83. The van der Waals surface area contributed by atoms with Gasteiger partial charge in [0.25, 0.3) is 0 Å². The van der Waals surface area contributed by atoms with Gasteiger partial charge in [0.1, 0.15) is 4.90 Å². The predicted octanol–water partition coefficient (Wildman–Crippen LogP) is 3.53. The van der Waals surface area contributed by atoms with Crippen LogP contribution in [0.5, 0.6) is 0 Å². The van der Waals surface area contributed by atoms with Crippen molar-refractivity contribution in [2.45, 2.75) is 31.7 Å². The molecule has 0 fully saturated rings. The van der Waals surface area contributed by atoms with Gasteiger partial charge in [0, 0.05) is 11.4 Å². The topological polar surface area (TPSA) is 58.2 Å². The van der Waals surface area contributed by atoms with Crippen molar-refractivity contribution < 1.29 is 8.42 Å². The first-order valence-corrected chi connectivity index (χ1v) is 9.21. The van der Waals surface area contributed by atoms with E-state index in [1.165, 1.54) is 10.4 Å². The molecule has 0 aliphatic heterocycles. The van der Waals surface area contributed by atoms with Crippen molar-refractivity contribution in [3.8, 4) is 0 Å². The van der Waals surface area contributed by atoms with E-state index in [0.29, 0.717) is 12.2 Å². The summed E-state index contributed by atoms with van der Waals surface area (Å²) in [6.07, 6.45) is 0. The van der Waals surface area contributed by atoms with Gasteiger partial charge in [0.15, 0.2) is 0 Å². The minimum Gasteiger partial charge on any atom is -0.377 e. The molecule has 1 aromatic heterocycles.